The standard InChI is InChI=1S/C58H36N2S/c1-3-11-37(12-4-1)45-29-31-48-49-32-30-46(38-13-5-2-6-14-38)35-53(49)57-56(52(48)34-45)59-36-54(60-57)42-27-23-40(24-28-42)44-16-9-15-43(33-44)39-21-25-41(26-22-39)47-18-10-19-51-50-17-7-8-20-55(50)61-58(47)51/h1-36H. The van der Waals surface area contributed by atoms with Crippen LogP contribution in [0, 0.1) is 0 Å². The molecule has 61 heavy (non-hydrogen) atoms. The predicted octanol–water partition coefficient (Wildman–Crippen LogP) is 16.3. The first-order chi connectivity index (χ1) is 30.2. The molecule has 284 valence electrons. The van der Waals surface area contributed by atoms with E-state index in [4.69, 9.17) is 9.97 Å². The molecule has 3 heteroatoms. The summed E-state index contributed by atoms with van der Waals surface area (Å²) in [5.74, 6) is 0. The van der Waals surface area contributed by atoms with Crippen molar-refractivity contribution in [3.8, 4) is 66.9 Å². The summed E-state index contributed by atoms with van der Waals surface area (Å²) in [6.07, 6.45) is 1.93. The van der Waals surface area contributed by atoms with Crippen LogP contribution in [-0.2, 0) is 0 Å². The van der Waals surface area contributed by atoms with E-state index in [2.05, 4.69) is 212 Å². The van der Waals surface area contributed by atoms with Crippen molar-refractivity contribution in [3.63, 3.8) is 0 Å². The lowest BCUT2D eigenvalue weighted by atomic mass is 9.93. The lowest BCUT2D eigenvalue weighted by Gasteiger charge is -2.14. The zero-order chi connectivity index (χ0) is 40.3. The molecule has 0 atom stereocenters. The second kappa shape index (κ2) is 14.5. The first-order valence-corrected chi connectivity index (χ1v) is 21.5. The summed E-state index contributed by atoms with van der Waals surface area (Å²) in [7, 11) is 0. The Balaban J connectivity index is 0.894. The number of benzene rings is 10. The second-order valence-electron chi connectivity index (χ2n) is 15.7. The van der Waals surface area contributed by atoms with Crippen molar-refractivity contribution in [3.05, 3.63) is 219 Å². The largest absolute Gasteiger partial charge is 0.252 e. The fourth-order valence-electron chi connectivity index (χ4n) is 9.01. The topological polar surface area (TPSA) is 25.8 Å². The van der Waals surface area contributed by atoms with E-state index in [9.17, 15) is 0 Å². The van der Waals surface area contributed by atoms with Gasteiger partial charge in [0.25, 0.3) is 0 Å². The Kier molecular flexibility index (Phi) is 8.39. The zero-order valence-electron chi connectivity index (χ0n) is 33.1. The number of rotatable bonds is 6. The molecule has 0 unspecified atom stereocenters. The van der Waals surface area contributed by atoms with Crippen LogP contribution in [0.15, 0.2) is 219 Å². The Morgan fingerprint density at radius 1 is 0.295 bits per heavy atom. The second-order valence-corrected chi connectivity index (χ2v) is 16.8. The molecule has 10 aromatic carbocycles. The van der Waals surface area contributed by atoms with Gasteiger partial charge in [-0.05, 0) is 90.7 Å². The van der Waals surface area contributed by atoms with Crippen molar-refractivity contribution in [1.29, 1.82) is 0 Å². The number of fused-ring (bicyclic) bond motifs is 9. The normalized spacial score (nSPS) is 11.6. The van der Waals surface area contributed by atoms with Gasteiger partial charge in [-0.3, -0.25) is 4.98 Å². The quantitative estimate of drug-likeness (QED) is 0.157. The molecule has 0 saturated heterocycles. The van der Waals surface area contributed by atoms with Gasteiger partial charge in [-0.15, -0.1) is 11.3 Å². The Labute approximate surface area is 357 Å². The zero-order valence-corrected chi connectivity index (χ0v) is 33.9. The highest BCUT2D eigenvalue weighted by Crippen LogP contribution is 2.41. The molecule has 0 aliphatic carbocycles. The van der Waals surface area contributed by atoms with Crippen LogP contribution in [0.5, 0.6) is 0 Å². The Morgan fingerprint density at radius 2 is 0.770 bits per heavy atom. The van der Waals surface area contributed by atoms with Crippen LogP contribution < -0.4 is 0 Å². The van der Waals surface area contributed by atoms with Gasteiger partial charge in [0.05, 0.1) is 22.9 Å². The van der Waals surface area contributed by atoms with Crippen molar-refractivity contribution in [2.45, 2.75) is 0 Å². The molecular weight excluding hydrogens is 757 g/mol. The maximum absolute atomic E-state index is 5.41. The van der Waals surface area contributed by atoms with Gasteiger partial charge in [-0.2, -0.15) is 0 Å². The number of hydrogen-bond acceptors (Lipinski definition) is 3. The minimum Gasteiger partial charge on any atom is -0.252 e. The minimum atomic E-state index is 0.851. The third-order valence-electron chi connectivity index (χ3n) is 12.1. The van der Waals surface area contributed by atoms with E-state index in [1.165, 1.54) is 69.9 Å². The summed E-state index contributed by atoms with van der Waals surface area (Å²) in [5.41, 5.74) is 15.6. The highest BCUT2D eigenvalue weighted by Gasteiger charge is 2.16. The summed E-state index contributed by atoms with van der Waals surface area (Å²) in [4.78, 5) is 10.6. The molecule has 0 spiro atoms. The van der Waals surface area contributed by atoms with E-state index in [0.717, 1.165) is 49.8 Å². The van der Waals surface area contributed by atoms with Crippen LogP contribution >= 0.6 is 11.3 Å². The molecule has 0 saturated carbocycles. The highest BCUT2D eigenvalue weighted by molar-refractivity contribution is 7.26. The van der Waals surface area contributed by atoms with E-state index in [0.29, 0.717) is 0 Å². The smallest absolute Gasteiger partial charge is 0.0979 e. The average molecular weight is 793 g/mol. The van der Waals surface area contributed by atoms with Crippen molar-refractivity contribution in [2.24, 2.45) is 0 Å². The number of nitrogens with zero attached hydrogens (tertiary/aromatic N) is 2. The third-order valence-corrected chi connectivity index (χ3v) is 13.4. The fraction of sp³-hybridized carbons (Fsp3) is 0. The van der Waals surface area contributed by atoms with Gasteiger partial charge in [0, 0.05) is 36.5 Å². The van der Waals surface area contributed by atoms with Gasteiger partial charge in [-0.1, -0.05) is 188 Å². The van der Waals surface area contributed by atoms with Gasteiger partial charge in [0.15, 0.2) is 0 Å². The maximum Gasteiger partial charge on any atom is 0.0979 e. The molecule has 2 aromatic heterocycles. The Morgan fingerprint density at radius 3 is 1.43 bits per heavy atom. The maximum atomic E-state index is 5.41. The molecule has 2 heterocycles. The predicted molar refractivity (Wildman–Crippen MR) is 260 cm³/mol. The lowest BCUT2D eigenvalue weighted by molar-refractivity contribution is 1.31. The number of aromatic nitrogens is 2. The SMILES string of the molecule is c1ccc(-c2ccc3c4ccc(-c5ccccc5)cc4c4nc(-c5ccc(-c6cccc(-c7ccc(-c8cccc9c8sc8ccccc89)cc7)c6)cc5)cnc4c3c2)cc1. The van der Waals surface area contributed by atoms with Gasteiger partial charge < -0.3 is 0 Å². The first kappa shape index (κ1) is 35.2. The van der Waals surface area contributed by atoms with E-state index < -0.39 is 0 Å². The van der Waals surface area contributed by atoms with Crippen molar-refractivity contribution >= 4 is 64.1 Å². The lowest BCUT2D eigenvalue weighted by Crippen LogP contribution is -1.93. The average Bonchev–Trinajstić information content (AvgIpc) is 3.73. The van der Waals surface area contributed by atoms with Crippen LogP contribution in [0.4, 0.5) is 0 Å². The van der Waals surface area contributed by atoms with Crippen LogP contribution in [0.3, 0.4) is 0 Å². The summed E-state index contributed by atoms with van der Waals surface area (Å²) < 4.78 is 2.67. The van der Waals surface area contributed by atoms with E-state index in [1.807, 2.05) is 17.5 Å². The van der Waals surface area contributed by atoms with Crippen LogP contribution in [0.2, 0.25) is 0 Å². The van der Waals surface area contributed by atoms with Crippen molar-refractivity contribution in [1.82, 2.24) is 9.97 Å². The molecule has 0 aliphatic rings. The van der Waals surface area contributed by atoms with E-state index in [-0.39, 0.29) is 0 Å². The fourth-order valence-corrected chi connectivity index (χ4v) is 10.3. The first-order valence-electron chi connectivity index (χ1n) is 20.7. The Hall–Kier alpha value is -7.72. The molecular formula is C58H36N2S. The summed E-state index contributed by atoms with van der Waals surface area (Å²) in [6.45, 7) is 0. The third kappa shape index (κ3) is 6.18. The van der Waals surface area contributed by atoms with Crippen molar-refractivity contribution in [2.75, 3.05) is 0 Å². The molecule has 0 N–H and O–H groups in total. The monoisotopic (exact) mass is 792 g/mol. The molecule has 0 fully saturated rings. The number of hydrogen-bond donors (Lipinski definition) is 0. The summed E-state index contributed by atoms with van der Waals surface area (Å²) in [5, 5.41) is 7.21. The van der Waals surface area contributed by atoms with Gasteiger partial charge in [0.2, 0.25) is 0 Å². The van der Waals surface area contributed by atoms with Crippen LogP contribution in [0.1, 0.15) is 0 Å². The van der Waals surface area contributed by atoms with Crippen molar-refractivity contribution < 1.29 is 0 Å². The van der Waals surface area contributed by atoms with Gasteiger partial charge >= 0.3 is 0 Å². The molecule has 0 bridgehead atoms. The minimum absolute atomic E-state index is 0.851. The van der Waals surface area contributed by atoms with Crippen LogP contribution in [0.25, 0.3) is 120 Å². The molecule has 0 amide bonds. The van der Waals surface area contributed by atoms with Crippen LogP contribution in [-0.4, -0.2) is 9.97 Å². The molecule has 0 aliphatic heterocycles. The summed E-state index contributed by atoms with van der Waals surface area (Å²) in [6, 6.07) is 76.6. The molecule has 12 aromatic rings. The van der Waals surface area contributed by atoms with E-state index >= 15 is 0 Å². The summed E-state index contributed by atoms with van der Waals surface area (Å²) >= 11 is 1.88. The highest BCUT2D eigenvalue weighted by atomic mass is 32.1. The Bertz CT molecular complexity index is 3610. The van der Waals surface area contributed by atoms with Gasteiger partial charge in [0.1, 0.15) is 0 Å². The van der Waals surface area contributed by atoms with Gasteiger partial charge in [-0.25, -0.2) is 4.98 Å². The molecule has 0 radical (unpaired) electrons. The van der Waals surface area contributed by atoms with E-state index in [1.54, 1.807) is 0 Å². The molecule has 12 rings (SSSR count). The molecule has 2 nitrogen and oxygen atoms in total. The number of thiophene rings is 1.